The van der Waals surface area contributed by atoms with Gasteiger partial charge in [-0.25, -0.2) is 0 Å². The Morgan fingerprint density at radius 3 is 2.14 bits per heavy atom. The van der Waals surface area contributed by atoms with Gasteiger partial charge in [-0.2, -0.15) is 0 Å². The van der Waals surface area contributed by atoms with Gasteiger partial charge in [0.15, 0.2) is 0 Å². The van der Waals surface area contributed by atoms with Gasteiger partial charge in [0.1, 0.15) is 12.2 Å². The van der Waals surface area contributed by atoms with Gasteiger partial charge in [0.05, 0.1) is 19.3 Å². The molecule has 3 aromatic carbocycles. The zero-order valence-electron chi connectivity index (χ0n) is 15.7. The first-order valence-corrected chi connectivity index (χ1v) is 8.99. The molecule has 1 N–H and O–H groups in total. The summed E-state index contributed by atoms with van der Waals surface area (Å²) >= 11 is 0. The monoisotopic (exact) mass is 374 g/mol. The molecule has 0 bridgehead atoms. The van der Waals surface area contributed by atoms with E-state index in [0.29, 0.717) is 18.0 Å². The van der Waals surface area contributed by atoms with Gasteiger partial charge >= 0.3 is 0 Å². The largest absolute Gasteiger partial charge is 0.495 e. The Hall–Kier alpha value is -3.60. The first-order valence-electron chi connectivity index (χ1n) is 8.99. The minimum atomic E-state index is -0.386. The molecule has 5 heteroatoms. The molecule has 3 rings (SSSR count). The first-order chi connectivity index (χ1) is 13.7. The van der Waals surface area contributed by atoms with Crippen molar-refractivity contribution in [3.63, 3.8) is 0 Å². The zero-order valence-corrected chi connectivity index (χ0v) is 15.7. The van der Waals surface area contributed by atoms with Crippen LogP contribution < -0.4 is 15.0 Å². The van der Waals surface area contributed by atoms with Gasteiger partial charge in [-0.1, -0.05) is 60.7 Å². The lowest BCUT2D eigenvalue weighted by molar-refractivity contribution is -0.125. The van der Waals surface area contributed by atoms with Crippen LogP contribution in [0.1, 0.15) is 12.0 Å². The summed E-state index contributed by atoms with van der Waals surface area (Å²) in [7, 11) is 1.53. The zero-order chi connectivity index (χ0) is 19.8. The van der Waals surface area contributed by atoms with Gasteiger partial charge < -0.3 is 15.0 Å². The lowest BCUT2D eigenvalue weighted by Crippen LogP contribution is -2.33. The Kier molecular flexibility index (Phi) is 6.41. The van der Waals surface area contributed by atoms with Crippen molar-refractivity contribution in [3.05, 3.63) is 90.5 Å². The molecular weight excluding hydrogens is 352 g/mol. The second kappa shape index (κ2) is 9.37. The Balaban J connectivity index is 1.74. The minimum Gasteiger partial charge on any atom is -0.495 e. The van der Waals surface area contributed by atoms with Gasteiger partial charge in [0.25, 0.3) is 0 Å². The molecule has 0 saturated carbocycles. The van der Waals surface area contributed by atoms with Crippen molar-refractivity contribution in [2.75, 3.05) is 17.3 Å². The number of ether oxygens (including phenoxy) is 1. The Morgan fingerprint density at radius 2 is 1.46 bits per heavy atom. The molecule has 2 amide bonds. The molecule has 0 spiro atoms. The average Bonchev–Trinajstić information content (AvgIpc) is 2.73. The summed E-state index contributed by atoms with van der Waals surface area (Å²) in [4.78, 5) is 27.0. The molecule has 0 aliphatic rings. The predicted molar refractivity (Wildman–Crippen MR) is 110 cm³/mol. The standard InChI is InChI=1S/C23H22N2O3/c1-28-21-15-9-8-14-20(21)24-22(26)16-23(27)25(19-12-6-3-7-13-19)17-18-10-4-2-5-11-18/h2-15H,16-17H2,1H3,(H,24,26). The number of hydrogen-bond acceptors (Lipinski definition) is 3. The highest BCUT2D eigenvalue weighted by atomic mass is 16.5. The lowest BCUT2D eigenvalue weighted by atomic mass is 10.1. The smallest absolute Gasteiger partial charge is 0.236 e. The second-order valence-electron chi connectivity index (χ2n) is 6.23. The van der Waals surface area contributed by atoms with Crippen molar-refractivity contribution < 1.29 is 14.3 Å². The SMILES string of the molecule is COc1ccccc1NC(=O)CC(=O)N(Cc1ccccc1)c1ccccc1. The summed E-state index contributed by atoms with van der Waals surface area (Å²) in [6.07, 6.45) is -0.264. The summed E-state index contributed by atoms with van der Waals surface area (Å²) in [6.45, 7) is 0.394. The van der Waals surface area contributed by atoms with Crippen LogP contribution in [-0.4, -0.2) is 18.9 Å². The highest BCUT2D eigenvalue weighted by Gasteiger charge is 2.20. The number of nitrogens with zero attached hydrogens (tertiary/aromatic N) is 1. The molecule has 5 nitrogen and oxygen atoms in total. The number of anilines is 2. The van der Waals surface area contributed by atoms with E-state index in [9.17, 15) is 9.59 Å². The molecule has 28 heavy (non-hydrogen) atoms. The van der Waals surface area contributed by atoms with E-state index in [0.717, 1.165) is 11.3 Å². The van der Waals surface area contributed by atoms with Crippen molar-refractivity contribution in [1.29, 1.82) is 0 Å². The molecule has 0 atom stereocenters. The predicted octanol–water partition coefficient (Wildman–Crippen LogP) is 4.26. The quantitative estimate of drug-likeness (QED) is 0.629. The van der Waals surface area contributed by atoms with E-state index in [1.54, 1.807) is 23.1 Å². The number of carbonyl (C=O) groups excluding carboxylic acids is 2. The third kappa shape index (κ3) is 4.98. The number of carbonyl (C=O) groups is 2. The van der Waals surface area contributed by atoms with Crippen LogP contribution in [0.15, 0.2) is 84.9 Å². The second-order valence-corrected chi connectivity index (χ2v) is 6.23. The summed E-state index contributed by atoms with van der Waals surface area (Å²) in [5.74, 6) is -0.113. The number of benzene rings is 3. The molecule has 0 saturated heterocycles. The van der Waals surface area contributed by atoms with Gasteiger partial charge in [-0.05, 0) is 29.8 Å². The Labute approximate surface area is 164 Å². The first kappa shape index (κ1) is 19.2. The highest BCUT2D eigenvalue weighted by Crippen LogP contribution is 2.23. The Morgan fingerprint density at radius 1 is 0.857 bits per heavy atom. The van der Waals surface area contributed by atoms with Crippen LogP contribution in [0.5, 0.6) is 5.75 Å². The number of methoxy groups -OCH3 is 1. The van der Waals surface area contributed by atoms with E-state index in [2.05, 4.69) is 5.32 Å². The van der Waals surface area contributed by atoms with E-state index in [4.69, 9.17) is 4.74 Å². The molecule has 0 aliphatic heterocycles. The maximum Gasteiger partial charge on any atom is 0.236 e. The van der Waals surface area contributed by atoms with Crippen LogP contribution in [0.25, 0.3) is 0 Å². The summed E-state index contributed by atoms with van der Waals surface area (Å²) < 4.78 is 5.24. The number of rotatable bonds is 7. The van der Waals surface area contributed by atoms with Gasteiger partial charge in [-0.3, -0.25) is 9.59 Å². The van der Waals surface area contributed by atoms with Crippen LogP contribution in [0.4, 0.5) is 11.4 Å². The maximum absolute atomic E-state index is 12.9. The lowest BCUT2D eigenvalue weighted by Gasteiger charge is -2.23. The van der Waals surface area contributed by atoms with E-state index in [1.807, 2.05) is 66.7 Å². The molecule has 0 fully saturated rings. The van der Waals surface area contributed by atoms with Crippen molar-refractivity contribution in [2.45, 2.75) is 13.0 Å². The van der Waals surface area contributed by atoms with Crippen LogP contribution in [0.3, 0.4) is 0 Å². The summed E-state index contributed by atoms with van der Waals surface area (Å²) in [5.41, 5.74) is 2.28. The molecule has 0 heterocycles. The van der Waals surface area contributed by atoms with Crippen LogP contribution in [0, 0.1) is 0 Å². The van der Waals surface area contributed by atoms with E-state index < -0.39 is 0 Å². The number of hydrogen-bond donors (Lipinski definition) is 1. The van der Waals surface area contributed by atoms with Gasteiger partial charge in [0, 0.05) is 5.69 Å². The fraction of sp³-hybridized carbons (Fsp3) is 0.130. The van der Waals surface area contributed by atoms with Crippen molar-refractivity contribution in [3.8, 4) is 5.75 Å². The number of nitrogens with one attached hydrogen (secondary N) is 1. The molecule has 142 valence electrons. The fourth-order valence-corrected chi connectivity index (χ4v) is 2.87. The molecule has 0 aromatic heterocycles. The van der Waals surface area contributed by atoms with Crippen molar-refractivity contribution in [1.82, 2.24) is 0 Å². The van der Waals surface area contributed by atoms with Gasteiger partial charge in [-0.15, -0.1) is 0 Å². The van der Waals surface area contributed by atoms with Crippen molar-refractivity contribution in [2.24, 2.45) is 0 Å². The van der Waals surface area contributed by atoms with Crippen LogP contribution >= 0.6 is 0 Å². The summed E-state index contributed by atoms with van der Waals surface area (Å²) in [5, 5.41) is 2.75. The van der Waals surface area contributed by atoms with Crippen LogP contribution in [0.2, 0.25) is 0 Å². The topological polar surface area (TPSA) is 58.6 Å². The molecule has 3 aromatic rings. The van der Waals surface area contributed by atoms with Gasteiger partial charge in [0.2, 0.25) is 11.8 Å². The number of para-hydroxylation sites is 3. The van der Waals surface area contributed by atoms with E-state index in [1.165, 1.54) is 7.11 Å². The van der Waals surface area contributed by atoms with Crippen LogP contribution in [-0.2, 0) is 16.1 Å². The summed E-state index contributed by atoms with van der Waals surface area (Å²) in [6, 6.07) is 26.2. The van der Waals surface area contributed by atoms with Crippen molar-refractivity contribution >= 4 is 23.2 Å². The molecule has 0 radical (unpaired) electrons. The normalized spacial score (nSPS) is 10.2. The Bertz CT molecular complexity index is 927. The highest BCUT2D eigenvalue weighted by molar-refractivity contribution is 6.09. The van der Waals surface area contributed by atoms with E-state index >= 15 is 0 Å². The van der Waals surface area contributed by atoms with E-state index in [-0.39, 0.29) is 18.2 Å². The molecular formula is C23H22N2O3. The average molecular weight is 374 g/mol. The molecule has 0 unspecified atom stereocenters. The minimum absolute atomic E-state index is 0.264. The third-order valence-corrected chi connectivity index (χ3v) is 4.25. The maximum atomic E-state index is 12.9. The molecule has 0 aliphatic carbocycles. The number of amides is 2. The third-order valence-electron chi connectivity index (χ3n) is 4.25. The fourth-order valence-electron chi connectivity index (χ4n) is 2.87.